The molecule has 1 nitrogen and oxygen atoms in total. The molecule has 0 heterocycles. The smallest absolute Gasteiger partial charge is 0.120 e. The number of ether oxygens (including phenoxy) is 1. The molecular weight excluding hydrogens is 323 g/mol. The van der Waals surface area contributed by atoms with E-state index in [1.54, 1.807) is 0 Å². The molecule has 0 aliphatic rings. The van der Waals surface area contributed by atoms with Gasteiger partial charge < -0.3 is 4.74 Å². The minimum atomic E-state index is 0.626. The van der Waals surface area contributed by atoms with Crippen LogP contribution in [0.5, 0.6) is 5.75 Å². The quantitative estimate of drug-likeness (QED) is 0.750. The summed E-state index contributed by atoms with van der Waals surface area (Å²) >= 11 is 2.29. The van der Waals surface area contributed by atoms with Gasteiger partial charge in [0.25, 0.3) is 0 Å². The Morgan fingerprint density at radius 2 is 1.82 bits per heavy atom. The second-order valence-electron chi connectivity index (χ2n) is 4.16. The Labute approximate surface area is 116 Å². The molecule has 88 valence electrons. The number of benzene rings is 2. The first-order chi connectivity index (χ1) is 8.15. The maximum atomic E-state index is 5.76. The van der Waals surface area contributed by atoms with Crippen LogP contribution in [0.1, 0.15) is 16.7 Å². The van der Waals surface area contributed by atoms with E-state index < -0.39 is 0 Å². The van der Waals surface area contributed by atoms with E-state index in [9.17, 15) is 0 Å². The normalized spacial score (nSPS) is 10.3. The molecule has 17 heavy (non-hydrogen) atoms. The van der Waals surface area contributed by atoms with Crippen LogP contribution in [0, 0.1) is 17.4 Å². The maximum absolute atomic E-state index is 5.76. The molecule has 0 radical (unpaired) electrons. The number of aryl methyl sites for hydroxylation is 2. The van der Waals surface area contributed by atoms with Crippen LogP contribution in [0.3, 0.4) is 0 Å². The van der Waals surface area contributed by atoms with E-state index in [-0.39, 0.29) is 0 Å². The molecule has 0 fully saturated rings. The van der Waals surface area contributed by atoms with Gasteiger partial charge in [-0.05, 0) is 71.3 Å². The fourth-order valence-corrected chi connectivity index (χ4v) is 2.13. The van der Waals surface area contributed by atoms with Crippen molar-refractivity contribution in [3.8, 4) is 5.75 Å². The van der Waals surface area contributed by atoms with Crippen molar-refractivity contribution in [2.75, 3.05) is 0 Å². The molecule has 0 aliphatic heterocycles. The monoisotopic (exact) mass is 338 g/mol. The van der Waals surface area contributed by atoms with Crippen molar-refractivity contribution in [3.05, 3.63) is 62.7 Å². The van der Waals surface area contributed by atoms with Gasteiger partial charge in [-0.3, -0.25) is 0 Å². The van der Waals surface area contributed by atoms with Crippen molar-refractivity contribution in [2.24, 2.45) is 0 Å². The SMILES string of the molecule is Cc1ccc(COc2cccc(I)c2)cc1C. The van der Waals surface area contributed by atoms with Gasteiger partial charge >= 0.3 is 0 Å². The highest BCUT2D eigenvalue weighted by Crippen LogP contribution is 2.17. The number of hydrogen-bond acceptors (Lipinski definition) is 1. The zero-order chi connectivity index (χ0) is 12.3. The highest BCUT2D eigenvalue weighted by Gasteiger charge is 1.99. The molecular formula is C15H15IO. The maximum Gasteiger partial charge on any atom is 0.120 e. The second-order valence-corrected chi connectivity index (χ2v) is 5.41. The van der Waals surface area contributed by atoms with E-state index in [0.717, 1.165) is 5.75 Å². The van der Waals surface area contributed by atoms with Crippen LogP contribution < -0.4 is 4.74 Å². The zero-order valence-electron chi connectivity index (χ0n) is 10.0. The van der Waals surface area contributed by atoms with Gasteiger partial charge in [0.1, 0.15) is 12.4 Å². The standard InChI is InChI=1S/C15H15IO/c1-11-6-7-13(8-12(11)2)10-17-15-5-3-4-14(16)9-15/h3-9H,10H2,1-2H3. The third-order valence-corrected chi connectivity index (χ3v) is 3.44. The van der Waals surface area contributed by atoms with E-state index in [2.05, 4.69) is 60.7 Å². The van der Waals surface area contributed by atoms with Crippen LogP contribution >= 0.6 is 22.6 Å². The summed E-state index contributed by atoms with van der Waals surface area (Å²) in [5.74, 6) is 0.926. The van der Waals surface area contributed by atoms with Gasteiger partial charge in [-0.15, -0.1) is 0 Å². The minimum absolute atomic E-state index is 0.626. The lowest BCUT2D eigenvalue weighted by Gasteiger charge is -2.08. The van der Waals surface area contributed by atoms with Gasteiger partial charge in [-0.2, -0.15) is 0 Å². The lowest BCUT2D eigenvalue weighted by atomic mass is 10.1. The molecule has 2 rings (SSSR count). The largest absolute Gasteiger partial charge is 0.489 e. The van der Waals surface area contributed by atoms with Crippen LogP contribution in [0.4, 0.5) is 0 Å². The molecule has 0 bridgehead atoms. The van der Waals surface area contributed by atoms with Crippen LogP contribution in [0.15, 0.2) is 42.5 Å². The summed E-state index contributed by atoms with van der Waals surface area (Å²) < 4.78 is 6.96. The fraction of sp³-hybridized carbons (Fsp3) is 0.200. The van der Waals surface area contributed by atoms with Gasteiger partial charge in [-0.25, -0.2) is 0 Å². The second kappa shape index (κ2) is 5.54. The summed E-state index contributed by atoms with van der Waals surface area (Å²) in [7, 11) is 0. The van der Waals surface area contributed by atoms with Gasteiger partial charge in [0.15, 0.2) is 0 Å². The fourth-order valence-electron chi connectivity index (χ4n) is 1.62. The van der Waals surface area contributed by atoms with Crippen LogP contribution in [-0.4, -0.2) is 0 Å². The van der Waals surface area contributed by atoms with E-state index in [4.69, 9.17) is 4.74 Å². The average molecular weight is 338 g/mol. The Kier molecular flexibility index (Phi) is 4.05. The van der Waals surface area contributed by atoms with E-state index in [1.165, 1.54) is 20.3 Å². The van der Waals surface area contributed by atoms with Crippen molar-refractivity contribution in [1.29, 1.82) is 0 Å². The molecule has 2 aromatic rings. The summed E-state index contributed by atoms with van der Waals surface area (Å²) in [6.45, 7) is 4.88. The molecule has 0 aromatic heterocycles. The van der Waals surface area contributed by atoms with E-state index in [1.807, 2.05) is 18.2 Å². The summed E-state index contributed by atoms with van der Waals surface area (Å²) in [4.78, 5) is 0. The molecule has 2 aromatic carbocycles. The molecule has 0 aliphatic carbocycles. The number of hydrogen-bond donors (Lipinski definition) is 0. The Bertz CT molecular complexity index is 520. The Hall–Kier alpha value is -1.03. The van der Waals surface area contributed by atoms with Crippen molar-refractivity contribution >= 4 is 22.6 Å². The van der Waals surface area contributed by atoms with Crippen LogP contribution in [0.2, 0.25) is 0 Å². The van der Waals surface area contributed by atoms with Gasteiger partial charge in [-0.1, -0.05) is 24.3 Å². The summed E-state index contributed by atoms with van der Waals surface area (Å²) in [5.41, 5.74) is 3.85. The topological polar surface area (TPSA) is 9.23 Å². The van der Waals surface area contributed by atoms with Crippen LogP contribution in [0.25, 0.3) is 0 Å². The Balaban J connectivity index is 2.05. The molecule has 2 heteroatoms. The predicted octanol–water partition coefficient (Wildman–Crippen LogP) is 4.49. The lowest BCUT2D eigenvalue weighted by molar-refractivity contribution is 0.306. The van der Waals surface area contributed by atoms with Crippen molar-refractivity contribution in [1.82, 2.24) is 0 Å². The van der Waals surface area contributed by atoms with Gasteiger partial charge in [0.2, 0.25) is 0 Å². The number of rotatable bonds is 3. The van der Waals surface area contributed by atoms with Crippen molar-refractivity contribution < 1.29 is 4.74 Å². The van der Waals surface area contributed by atoms with Crippen LogP contribution in [-0.2, 0) is 6.61 Å². The molecule has 0 spiro atoms. The van der Waals surface area contributed by atoms with Crippen molar-refractivity contribution in [3.63, 3.8) is 0 Å². The van der Waals surface area contributed by atoms with Gasteiger partial charge in [0, 0.05) is 3.57 Å². The van der Waals surface area contributed by atoms with Crippen molar-refractivity contribution in [2.45, 2.75) is 20.5 Å². The first-order valence-electron chi connectivity index (χ1n) is 5.59. The van der Waals surface area contributed by atoms with E-state index in [0.29, 0.717) is 6.61 Å². The molecule has 0 saturated carbocycles. The predicted molar refractivity (Wildman–Crippen MR) is 79.4 cm³/mol. The number of halogens is 1. The molecule has 0 unspecified atom stereocenters. The zero-order valence-corrected chi connectivity index (χ0v) is 12.2. The summed E-state index contributed by atoms with van der Waals surface area (Å²) in [5, 5.41) is 0. The Morgan fingerprint density at radius 3 is 2.53 bits per heavy atom. The first kappa shape index (κ1) is 12.4. The lowest BCUT2D eigenvalue weighted by Crippen LogP contribution is -1.96. The van der Waals surface area contributed by atoms with E-state index >= 15 is 0 Å². The minimum Gasteiger partial charge on any atom is -0.489 e. The first-order valence-corrected chi connectivity index (χ1v) is 6.67. The summed E-state index contributed by atoms with van der Waals surface area (Å²) in [6, 6.07) is 14.5. The highest BCUT2D eigenvalue weighted by molar-refractivity contribution is 14.1. The Morgan fingerprint density at radius 1 is 1.00 bits per heavy atom. The molecule has 0 N–H and O–H groups in total. The highest BCUT2D eigenvalue weighted by atomic mass is 127. The third-order valence-electron chi connectivity index (χ3n) is 2.77. The molecule has 0 saturated heterocycles. The molecule has 0 atom stereocenters. The van der Waals surface area contributed by atoms with Gasteiger partial charge in [0.05, 0.1) is 0 Å². The summed E-state index contributed by atoms with van der Waals surface area (Å²) in [6.07, 6.45) is 0. The molecule has 0 amide bonds. The third kappa shape index (κ3) is 3.46. The average Bonchev–Trinajstić information content (AvgIpc) is 2.31.